The lowest BCUT2D eigenvalue weighted by Gasteiger charge is -2.13. The molecule has 0 aromatic heterocycles. The van der Waals surface area contributed by atoms with Crippen molar-refractivity contribution in [3.05, 3.63) is 54.1 Å². The van der Waals surface area contributed by atoms with Gasteiger partial charge in [-0.05, 0) is 5.56 Å². The van der Waals surface area contributed by atoms with Gasteiger partial charge in [-0.2, -0.15) is 0 Å². The van der Waals surface area contributed by atoms with Crippen LogP contribution in [0.15, 0.2) is 48.5 Å². The molecule has 2 rings (SSSR count). The maximum absolute atomic E-state index is 12.0. The van der Waals surface area contributed by atoms with Crippen LogP contribution in [-0.4, -0.2) is 33.3 Å². The highest BCUT2D eigenvalue weighted by atomic mass is 35.5. The van der Waals surface area contributed by atoms with Gasteiger partial charge in [0.1, 0.15) is 29.9 Å². The maximum Gasteiger partial charge on any atom is 0.241 e. The molecule has 0 saturated heterocycles. The van der Waals surface area contributed by atoms with Gasteiger partial charge in [0.25, 0.3) is 0 Å². The molecule has 7 heteroatoms. The normalized spacial score (nSPS) is 11.0. The summed E-state index contributed by atoms with van der Waals surface area (Å²) in [6.45, 7) is 0.655. The van der Waals surface area contributed by atoms with Gasteiger partial charge in [-0.25, -0.2) is 0 Å². The average molecular weight is 367 g/mol. The molecule has 3 N–H and O–H groups in total. The summed E-state index contributed by atoms with van der Waals surface area (Å²) in [5, 5.41) is 2.76. The highest BCUT2D eigenvalue weighted by Gasteiger charge is 2.14. The molecule has 0 aliphatic rings. The number of rotatable bonds is 8. The molecule has 0 radical (unpaired) electrons. The maximum atomic E-state index is 12.0. The van der Waals surface area contributed by atoms with E-state index in [0.29, 0.717) is 30.4 Å². The smallest absolute Gasteiger partial charge is 0.241 e. The van der Waals surface area contributed by atoms with Gasteiger partial charge in [-0.1, -0.05) is 30.3 Å². The number of hydrogen-bond acceptors (Lipinski definition) is 5. The molecule has 2 aromatic carbocycles. The molecule has 0 heterocycles. The number of carbonyl (C=O) groups excluding carboxylic acids is 1. The van der Waals surface area contributed by atoms with Crippen LogP contribution in [0.5, 0.6) is 17.2 Å². The molecule has 1 amide bonds. The van der Waals surface area contributed by atoms with Gasteiger partial charge in [-0.3, -0.25) is 4.79 Å². The monoisotopic (exact) mass is 366 g/mol. The second kappa shape index (κ2) is 10.4. The Morgan fingerprint density at radius 3 is 2.16 bits per heavy atom. The van der Waals surface area contributed by atoms with Gasteiger partial charge >= 0.3 is 0 Å². The zero-order valence-corrected chi connectivity index (χ0v) is 15.0. The molecule has 136 valence electrons. The summed E-state index contributed by atoms with van der Waals surface area (Å²) >= 11 is 0. The van der Waals surface area contributed by atoms with Crippen molar-refractivity contribution in [3.8, 4) is 17.2 Å². The van der Waals surface area contributed by atoms with Gasteiger partial charge in [-0.15, -0.1) is 12.4 Å². The van der Waals surface area contributed by atoms with E-state index in [0.717, 1.165) is 5.56 Å². The van der Waals surface area contributed by atoms with E-state index in [9.17, 15) is 4.79 Å². The lowest BCUT2D eigenvalue weighted by Crippen LogP contribution is -2.36. The van der Waals surface area contributed by atoms with Crippen LogP contribution >= 0.6 is 12.4 Å². The Labute approximate surface area is 153 Å². The molecule has 6 nitrogen and oxygen atoms in total. The lowest BCUT2D eigenvalue weighted by atomic mass is 10.1. The van der Waals surface area contributed by atoms with Crippen LogP contribution in [0.25, 0.3) is 0 Å². The van der Waals surface area contributed by atoms with E-state index in [1.165, 1.54) is 0 Å². The molecule has 0 saturated carbocycles. The van der Waals surface area contributed by atoms with Crippen LogP contribution in [0.2, 0.25) is 0 Å². The molecule has 0 aliphatic carbocycles. The Balaban J connectivity index is 0.00000312. The topological polar surface area (TPSA) is 82.8 Å². The van der Waals surface area contributed by atoms with Crippen molar-refractivity contribution in [1.29, 1.82) is 0 Å². The first-order valence-corrected chi connectivity index (χ1v) is 7.58. The van der Waals surface area contributed by atoms with Crippen LogP contribution in [0.3, 0.4) is 0 Å². The Morgan fingerprint density at radius 2 is 1.60 bits per heavy atom. The Kier molecular flexibility index (Phi) is 8.60. The van der Waals surface area contributed by atoms with Crippen molar-refractivity contribution in [3.63, 3.8) is 0 Å². The standard InChI is InChI=1S/C18H22N2O4.ClH/c1-22-14-10-15(23-2)12-16(11-14)24-9-8-20-18(21)17(19)13-6-4-3-5-7-13;/h3-7,10-12,17H,8-9,19H2,1-2H3,(H,20,21);1H. The van der Waals surface area contributed by atoms with Crippen molar-refractivity contribution in [2.75, 3.05) is 27.4 Å². The Bertz CT molecular complexity index is 645. The van der Waals surface area contributed by atoms with Gasteiger partial charge in [0, 0.05) is 18.2 Å². The summed E-state index contributed by atoms with van der Waals surface area (Å²) in [7, 11) is 3.15. The molecular weight excluding hydrogens is 344 g/mol. The predicted molar refractivity (Wildman–Crippen MR) is 98.7 cm³/mol. The molecular formula is C18H23ClN2O4. The number of halogens is 1. The summed E-state index contributed by atoms with van der Waals surface area (Å²) < 4.78 is 16.0. The van der Waals surface area contributed by atoms with Gasteiger partial charge in [0.2, 0.25) is 5.91 Å². The van der Waals surface area contributed by atoms with Crippen molar-refractivity contribution >= 4 is 18.3 Å². The minimum Gasteiger partial charge on any atom is -0.496 e. The highest BCUT2D eigenvalue weighted by Crippen LogP contribution is 2.27. The Hall–Kier alpha value is -2.44. The first-order chi connectivity index (χ1) is 11.6. The molecule has 1 unspecified atom stereocenters. The first-order valence-electron chi connectivity index (χ1n) is 7.58. The lowest BCUT2D eigenvalue weighted by molar-refractivity contribution is -0.122. The molecule has 0 aliphatic heterocycles. The molecule has 0 bridgehead atoms. The van der Waals surface area contributed by atoms with Gasteiger partial charge in [0.05, 0.1) is 20.8 Å². The largest absolute Gasteiger partial charge is 0.496 e. The molecule has 0 fully saturated rings. The first kappa shape index (κ1) is 20.6. The van der Waals surface area contributed by atoms with E-state index in [2.05, 4.69) is 5.32 Å². The summed E-state index contributed by atoms with van der Waals surface area (Å²) in [6.07, 6.45) is 0. The van der Waals surface area contributed by atoms with Crippen molar-refractivity contribution < 1.29 is 19.0 Å². The van der Waals surface area contributed by atoms with Crippen molar-refractivity contribution in [1.82, 2.24) is 5.32 Å². The third-order valence-corrected chi connectivity index (χ3v) is 3.44. The van der Waals surface area contributed by atoms with E-state index in [1.54, 1.807) is 32.4 Å². The second-order valence-corrected chi connectivity index (χ2v) is 5.08. The quantitative estimate of drug-likeness (QED) is 0.700. The number of amides is 1. The number of methoxy groups -OCH3 is 2. The number of ether oxygens (including phenoxy) is 3. The van der Waals surface area contributed by atoms with E-state index in [1.807, 2.05) is 30.3 Å². The number of carbonyl (C=O) groups is 1. The van der Waals surface area contributed by atoms with E-state index < -0.39 is 6.04 Å². The molecule has 0 spiro atoms. The number of benzene rings is 2. The fourth-order valence-corrected chi connectivity index (χ4v) is 2.13. The summed E-state index contributed by atoms with van der Waals surface area (Å²) in [4.78, 5) is 12.0. The molecule has 2 aromatic rings. The second-order valence-electron chi connectivity index (χ2n) is 5.08. The highest BCUT2D eigenvalue weighted by molar-refractivity contribution is 5.85. The number of nitrogens with one attached hydrogen (secondary N) is 1. The van der Waals surface area contributed by atoms with E-state index in [-0.39, 0.29) is 18.3 Å². The summed E-state index contributed by atoms with van der Waals surface area (Å²) in [6, 6.07) is 13.8. The van der Waals surface area contributed by atoms with Crippen LogP contribution in [0.4, 0.5) is 0 Å². The van der Waals surface area contributed by atoms with Crippen molar-refractivity contribution in [2.45, 2.75) is 6.04 Å². The number of nitrogens with two attached hydrogens (primary N) is 1. The van der Waals surface area contributed by atoms with E-state index >= 15 is 0 Å². The van der Waals surface area contributed by atoms with Crippen LogP contribution in [-0.2, 0) is 4.79 Å². The fourth-order valence-electron chi connectivity index (χ4n) is 2.13. The van der Waals surface area contributed by atoms with E-state index in [4.69, 9.17) is 19.9 Å². The summed E-state index contributed by atoms with van der Waals surface area (Å²) in [5.41, 5.74) is 6.69. The molecule has 1 atom stereocenters. The zero-order valence-electron chi connectivity index (χ0n) is 14.2. The molecule has 25 heavy (non-hydrogen) atoms. The van der Waals surface area contributed by atoms with Gasteiger partial charge < -0.3 is 25.3 Å². The van der Waals surface area contributed by atoms with Crippen LogP contribution in [0.1, 0.15) is 11.6 Å². The van der Waals surface area contributed by atoms with Crippen molar-refractivity contribution in [2.24, 2.45) is 5.73 Å². The Morgan fingerprint density at radius 1 is 1.04 bits per heavy atom. The summed E-state index contributed by atoms with van der Waals surface area (Å²) in [5.74, 6) is 1.64. The van der Waals surface area contributed by atoms with Gasteiger partial charge in [0.15, 0.2) is 0 Å². The minimum absolute atomic E-state index is 0. The zero-order chi connectivity index (χ0) is 17.4. The fraction of sp³-hybridized carbons (Fsp3) is 0.278. The third kappa shape index (κ3) is 6.17. The van der Waals surface area contributed by atoms with Crippen LogP contribution in [0, 0.1) is 0 Å². The minimum atomic E-state index is -0.692. The SMILES string of the molecule is COc1cc(OC)cc(OCCNC(=O)C(N)c2ccccc2)c1.Cl. The predicted octanol–water partition coefficient (Wildman–Crippen LogP) is 2.32. The third-order valence-electron chi connectivity index (χ3n) is 3.44. The van der Waals surface area contributed by atoms with Crippen LogP contribution < -0.4 is 25.3 Å². The average Bonchev–Trinajstić information content (AvgIpc) is 2.64. The number of hydrogen-bond donors (Lipinski definition) is 2.